The highest BCUT2D eigenvalue weighted by Gasteiger charge is 2.17. The molecule has 0 aliphatic carbocycles. The number of thioether (sulfide) groups is 1. The fourth-order valence-electron chi connectivity index (χ4n) is 3.06. The third kappa shape index (κ3) is 6.42. The van der Waals surface area contributed by atoms with Gasteiger partial charge in [-0.05, 0) is 38.1 Å². The van der Waals surface area contributed by atoms with Crippen LogP contribution in [0.4, 0.5) is 11.4 Å². The van der Waals surface area contributed by atoms with Gasteiger partial charge in [-0.3, -0.25) is 9.59 Å². The number of aryl methyl sites for hydroxylation is 1. The second kappa shape index (κ2) is 11.3. The van der Waals surface area contributed by atoms with Crippen molar-refractivity contribution in [3.05, 3.63) is 65.5 Å². The zero-order chi connectivity index (χ0) is 23.8. The van der Waals surface area contributed by atoms with Gasteiger partial charge in [-0.15, -0.1) is 10.2 Å². The average Bonchev–Trinajstić information content (AvgIpc) is 3.20. The van der Waals surface area contributed by atoms with Crippen molar-refractivity contribution >= 4 is 40.9 Å². The molecule has 0 aliphatic heterocycles. The maximum atomic E-state index is 12.5. The Bertz CT molecular complexity index is 1140. The molecule has 33 heavy (non-hydrogen) atoms. The Kier molecular flexibility index (Phi) is 8.20. The van der Waals surface area contributed by atoms with E-state index < -0.39 is 5.97 Å². The van der Waals surface area contributed by atoms with Crippen LogP contribution in [-0.4, -0.2) is 45.4 Å². The molecule has 172 valence electrons. The van der Waals surface area contributed by atoms with Crippen LogP contribution in [0.15, 0.2) is 53.7 Å². The van der Waals surface area contributed by atoms with Gasteiger partial charge in [-0.1, -0.05) is 41.6 Å². The molecular formula is C23H25N5O4S. The molecular weight excluding hydrogens is 442 g/mol. The van der Waals surface area contributed by atoms with E-state index in [0.29, 0.717) is 28.9 Å². The molecule has 2 N–H and O–H groups in total. The standard InChI is InChI=1S/C23H25N5O4S/c1-4-28-19(13-20(29)24-16-11-9-15(2)10-12-16)26-27-23(28)33-14-21(30)25-18-8-6-5-7-17(18)22(31)32-3/h5-12H,4,13-14H2,1-3H3,(H,24,29)(H,25,30). The summed E-state index contributed by atoms with van der Waals surface area (Å²) in [7, 11) is 1.28. The lowest BCUT2D eigenvalue weighted by Gasteiger charge is -2.10. The number of nitrogens with one attached hydrogen (secondary N) is 2. The number of anilines is 2. The summed E-state index contributed by atoms with van der Waals surface area (Å²) in [6.07, 6.45) is 0.0635. The van der Waals surface area contributed by atoms with Gasteiger partial charge in [0.2, 0.25) is 11.8 Å². The van der Waals surface area contributed by atoms with Crippen molar-refractivity contribution in [2.45, 2.75) is 32.0 Å². The van der Waals surface area contributed by atoms with Gasteiger partial charge in [0.15, 0.2) is 5.16 Å². The second-order valence-corrected chi connectivity index (χ2v) is 8.05. The predicted molar refractivity (Wildman–Crippen MR) is 126 cm³/mol. The first-order valence-corrected chi connectivity index (χ1v) is 11.3. The summed E-state index contributed by atoms with van der Waals surface area (Å²) in [5.41, 5.74) is 2.47. The lowest BCUT2D eigenvalue weighted by atomic mass is 10.2. The summed E-state index contributed by atoms with van der Waals surface area (Å²) in [6.45, 7) is 4.45. The Morgan fingerprint density at radius 3 is 2.42 bits per heavy atom. The van der Waals surface area contributed by atoms with E-state index in [-0.39, 0.29) is 29.6 Å². The first-order valence-electron chi connectivity index (χ1n) is 10.3. The number of rotatable bonds is 9. The van der Waals surface area contributed by atoms with Crippen molar-refractivity contribution in [2.75, 3.05) is 23.5 Å². The van der Waals surface area contributed by atoms with E-state index in [1.54, 1.807) is 28.8 Å². The predicted octanol–water partition coefficient (Wildman–Crippen LogP) is 3.31. The monoisotopic (exact) mass is 467 g/mol. The van der Waals surface area contributed by atoms with Crippen LogP contribution in [0.1, 0.15) is 28.7 Å². The maximum Gasteiger partial charge on any atom is 0.339 e. The molecule has 1 heterocycles. The number of benzene rings is 2. The first kappa shape index (κ1) is 24.0. The van der Waals surface area contributed by atoms with E-state index in [1.165, 1.54) is 18.9 Å². The van der Waals surface area contributed by atoms with Crippen molar-refractivity contribution in [1.29, 1.82) is 0 Å². The highest BCUT2D eigenvalue weighted by atomic mass is 32.2. The average molecular weight is 468 g/mol. The molecule has 1 aromatic heterocycles. The quantitative estimate of drug-likeness (QED) is 0.366. The summed E-state index contributed by atoms with van der Waals surface area (Å²) in [5, 5.41) is 14.4. The molecule has 9 nitrogen and oxygen atoms in total. The Balaban J connectivity index is 1.60. The molecule has 0 saturated carbocycles. The number of ether oxygens (including phenoxy) is 1. The molecule has 0 atom stereocenters. The van der Waals surface area contributed by atoms with Gasteiger partial charge in [-0.2, -0.15) is 0 Å². The molecule has 0 spiro atoms. The topological polar surface area (TPSA) is 115 Å². The van der Waals surface area contributed by atoms with Crippen molar-refractivity contribution in [1.82, 2.24) is 14.8 Å². The highest BCUT2D eigenvalue weighted by molar-refractivity contribution is 7.99. The number of para-hydroxylation sites is 1. The molecule has 0 fully saturated rings. The van der Waals surface area contributed by atoms with E-state index in [2.05, 4.69) is 20.8 Å². The van der Waals surface area contributed by atoms with E-state index in [1.807, 2.05) is 38.1 Å². The van der Waals surface area contributed by atoms with Crippen LogP contribution in [0.5, 0.6) is 0 Å². The largest absolute Gasteiger partial charge is 0.465 e. The smallest absolute Gasteiger partial charge is 0.339 e. The van der Waals surface area contributed by atoms with E-state index in [4.69, 9.17) is 4.74 Å². The lowest BCUT2D eigenvalue weighted by Crippen LogP contribution is -2.18. The number of carbonyl (C=O) groups excluding carboxylic acids is 3. The van der Waals surface area contributed by atoms with Gasteiger partial charge in [0.05, 0.1) is 30.5 Å². The molecule has 0 radical (unpaired) electrons. The summed E-state index contributed by atoms with van der Waals surface area (Å²) in [5.74, 6) is -0.461. The lowest BCUT2D eigenvalue weighted by molar-refractivity contribution is -0.116. The minimum atomic E-state index is -0.530. The summed E-state index contributed by atoms with van der Waals surface area (Å²) < 4.78 is 6.55. The zero-order valence-electron chi connectivity index (χ0n) is 18.6. The van der Waals surface area contributed by atoms with Gasteiger partial charge < -0.3 is 19.9 Å². The molecule has 2 aromatic carbocycles. The molecule has 0 aliphatic rings. The fraction of sp³-hybridized carbons (Fsp3) is 0.261. The molecule has 0 unspecified atom stereocenters. The first-order chi connectivity index (χ1) is 15.9. The normalized spacial score (nSPS) is 10.5. The number of methoxy groups -OCH3 is 1. The Hall–Kier alpha value is -3.66. The molecule has 0 bridgehead atoms. The van der Waals surface area contributed by atoms with Gasteiger partial charge in [0.1, 0.15) is 5.82 Å². The van der Waals surface area contributed by atoms with Crippen molar-refractivity contribution in [3.8, 4) is 0 Å². The van der Waals surface area contributed by atoms with Gasteiger partial charge in [-0.25, -0.2) is 4.79 Å². The number of amides is 2. The molecule has 3 rings (SSSR count). The van der Waals surface area contributed by atoms with Crippen molar-refractivity contribution in [2.24, 2.45) is 0 Å². The minimum absolute atomic E-state index is 0.0587. The molecule has 2 amide bonds. The molecule has 0 saturated heterocycles. The van der Waals surface area contributed by atoms with Crippen LogP contribution in [0.2, 0.25) is 0 Å². The van der Waals surface area contributed by atoms with Crippen LogP contribution < -0.4 is 10.6 Å². The third-order valence-electron chi connectivity index (χ3n) is 4.70. The van der Waals surface area contributed by atoms with Gasteiger partial charge in [0.25, 0.3) is 0 Å². The molecule has 3 aromatic rings. The number of aromatic nitrogens is 3. The number of nitrogens with zero attached hydrogens (tertiary/aromatic N) is 3. The van der Waals surface area contributed by atoms with E-state index in [9.17, 15) is 14.4 Å². The van der Waals surface area contributed by atoms with Crippen molar-refractivity contribution in [3.63, 3.8) is 0 Å². The Morgan fingerprint density at radius 1 is 1.00 bits per heavy atom. The summed E-state index contributed by atoms with van der Waals surface area (Å²) in [6, 6.07) is 14.2. The summed E-state index contributed by atoms with van der Waals surface area (Å²) in [4.78, 5) is 36.7. The SMILES string of the molecule is CCn1c(CC(=O)Nc2ccc(C)cc2)nnc1SCC(=O)Nc1ccccc1C(=O)OC. The third-order valence-corrected chi connectivity index (χ3v) is 5.67. The fourth-order valence-corrected chi connectivity index (χ4v) is 3.88. The van der Waals surface area contributed by atoms with E-state index in [0.717, 1.165) is 5.56 Å². The van der Waals surface area contributed by atoms with Crippen molar-refractivity contribution < 1.29 is 19.1 Å². The Morgan fingerprint density at radius 2 is 1.73 bits per heavy atom. The number of carbonyl (C=O) groups is 3. The van der Waals surface area contributed by atoms with Gasteiger partial charge in [0, 0.05) is 12.2 Å². The van der Waals surface area contributed by atoms with Gasteiger partial charge >= 0.3 is 5.97 Å². The number of hydrogen-bond donors (Lipinski definition) is 2. The Labute approximate surface area is 195 Å². The minimum Gasteiger partial charge on any atom is -0.465 e. The van der Waals surface area contributed by atoms with E-state index >= 15 is 0 Å². The maximum absolute atomic E-state index is 12.5. The molecule has 10 heteroatoms. The second-order valence-electron chi connectivity index (χ2n) is 7.11. The van der Waals surface area contributed by atoms with Crippen LogP contribution >= 0.6 is 11.8 Å². The van der Waals surface area contributed by atoms with Crippen LogP contribution in [0.3, 0.4) is 0 Å². The zero-order valence-corrected chi connectivity index (χ0v) is 19.4. The highest BCUT2D eigenvalue weighted by Crippen LogP contribution is 2.20. The van der Waals surface area contributed by atoms with Crippen LogP contribution in [0.25, 0.3) is 0 Å². The number of esters is 1. The summed E-state index contributed by atoms with van der Waals surface area (Å²) >= 11 is 1.20. The van der Waals surface area contributed by atoms with Crippen LogP contribution in [-0.2, 0) is 27.3 Å². The van der Waals surface area contributed by atoms with Crippen LogP contribution in [0, 0.1) is 6.92 Å². The number of hydrogen-bond acceptors (Lipinski definition) is 7.